The molecule has 0 radical (unpaired) electrons. The number of halogens is 1. The highest BCUT2D eigenvalue weighted by Gasteiger charge is 2.17. The van der Waals surface area contributed by atoms with Gasteiger partial charge in [-0.2, -0.15) is 0 Å². The van der Waals surface area contributed by atoms with Gasteiger partial charge < -0.3 is 14.5 Å². The van der Waals surface area contributed by atoms with E-state index in [1.165, 1.54) is 19.1 Å². The number of nitrogens with zero attached hydrogens (tertiary/aromatic N) is 1. The van der Waals surface area contributed by atoms with Crippen molar-refractivity contribution in [3.63, 3.8) is 0 Å². The number of carbonyl (C=O) groups is 2. The van der Waals surface area contributed by atoms with Gasteiger partial charge in [-0.15, -0.1) is 0 Å². The highest BCUT2D eigenvalue weighted by molar-refractivity contribution is 6.30. The van der Waals surface area contributed by atoms with Gasteiger partial charge in [-0.25, -0.2) is 4.79 Å². The van der Waals surface area contributed by atoms with E-state index in [2.05, 4.69) is 5.32 Å². The number of rotatable bonds is 6. The molecule has 1 amide bonds. The zero-order chi connectivity index (χ0) is 18.4. The van der Waals surface area contributed by atoms with Gasteiger partial charge in [0, 0.05) is 16.8 Å². The third kappa shape index (κ3) is 5.47. The predicted molar refractivity (Wildman–Crippen MR) is 90.0 cm³/mol. The van der Waals surface area contributed by atoms with Crippen LogP contribution in [0.3, 0.4) is 0 Å². The normalized spacial score (nSPS) is 11.9. The van der Waals surface area contributed by atoms with Crippen molar-refractivity contribution in [3.8, 4) is 0 Å². The van der Waals surface area contributed by atoms with Gasteiger partial charge in [-0.05, 0) is 43.3 Å². The first-order valence-corrected chi connectivity index (χ1v) is 7.42. The van der Waals surface area contributed by atoms with Crippen molar-refractivity contribution in [2.75, 3.05) is 5.32 Å². The Kier molecular flexibility index (Phi) is 5.91. The fourth-order valence-electron chi connectivity index (χ4n) is 1.72. The molecule has 1 heterocycles. The number of ether oxygens (including phenoxy) is 1. The van der Waals surface area contributed by atoms with Crippen LogP contribution < -0.4 is 5.32 Å². The molecule has 0 fully saturated rings. The number of benzene rings is 1. The Hall–Kier alpha value is -3.13. The summed E-state index contributed by atoms with van der Waals surface area (Å²) in [5, 5.41) is 13.6. The summed E-state index contributed by atoms with van der Waals surface area (Å²) in [6.45, 7) is 1.41. The molecule has 8 nitrogen and oxygen atoms in total. The Bertz CT molecular complexity index is 812. The van der Waals surface area contributed by atoms with Crippen LogP contribution in [0.5, 0.6) is 0 Å². The van der Waals surface area contributed by atoms with Crippen molar-refractivity contribution >= 4 is 41.1 Å². The number of nitro groups is 1. The Morgan fingerprint density at radius 2 is 1.96 bits per heavy atom. The van der Waals surface area contributed by atoms with E-state index >= 15 is 0 Å². The lowest BCUT2D eigenvalue weighted by Gasteiger charge is -2.12. The first-order valence-electron chi connectivity index (χ1n) is 7.04. The molecule has 1 aromatic heterocycles. The lowest BCUT2D eigenvalue weighted by Crippen LogP contribution is -2.29. The Morgan fingerprint density at radius 1 is 1.28 bits per heavy atom. The molecule has 0 aliphatic rings. The molecule has 0 aliphatic heterocycles. The molecule has 2 rings (SSSR count). The second kappa shape index (κ2) is 8.11. The molecule has 0 bridgehead atoms. The van der Waals surface area contributed by atoms with Crippen LogP contribution in [0.4, 0.5) is 11.6 Å². The van der Waals surface area contributed by atoms with E-state index in [4.69, 9.17) is 20.8 Å². The van der Waals surface area contributed by atoms with Crippen LogP contribution in [0.2, 0.25) is 5.02 Å². The predicted octanol–water partition coefficient (Wildman–Crippen LogP) is 3.42. The lowest BCUT2D eigenvalue weighted by molar-refractivity contribution is -0.402. The van der Waals surface area contributed by atoms with E-state index in [1.807, 2.05) is 0 Å². The van der Waals surface area contributed by atoms with Gasteiger partial charge in [0.15, 0.2) is 6.10 Å². The number of nitrogens with one attached hydrogen (secondary N) is 1. The summed E-state index contributed by atoms with van der Waals surface area (Å²) < 4.78 is 9.80. The van der Waals surface area contributed by atoms with Gasteiger partial charge in [0.05, 0.1) is 6.07 Å². The van der Waals surface area contributed by atoms with Crippen molar-refractivity contribution in [1.82, 2.24) is 0 Å². The van der Waals surface area contributed by atoms with Crippen molar-refractivity contribution in [3.05, 3.63) is 63.4 Å². The molecule has 0 aliphatic carbocycles. The van der Waals surface area contributed by atoms with Gasteiger partial charge >= 0.3 is 11.9 Å². The van der Waals surface area contributed by atoms with Crippen molar-refractivity contribution in [2.45, 2.75) is 13.0 Å². The molecule has 0 saturated heterocycles. The monoisotopic (exact) mass is 364 g/mol. The second-order valence-corrected chi connectivity index (χ2v) is 5.28. The first-order chi connectivity index (χ1) is 11.8. The molecule has 0 unspecified atom stereocenters. The molecule has 0 saturated carbocycles. The van der Waals surface area contributed by atoms with Crippen molar-refractivity contribution in [2.24, 2.45) is 0 Å². The van der Waals surface area contributed by atoms with Gasteiger partial charge in [0.2, 0.25) is 0 Å². The summed E-state index contributed by atoms with van der Waals surface area (Å²) in [6, 6.07) is 8.93. The minimum atomic E-state index is -1.04. The number of amides is 1. The Morgan fingerprint density at radius 3 is 2.56 bits per heavy atom. The summed E-state index contributed by atoms with van der Waals surface area (Å²) >= 11 is 5.75. The molecular weight excluding hydrogens is 352 g/mol. The zero-order valence-electron chi connectivity index (χ0n) is 13.0. The van der Waals surface area contributed by atoms with Gasteiger partial charge in [0.1, 0.15) is 10.7 Å². The van der Waals surface area contributed by atoms with Crippen molar-refractivity contribution < 1.29 is 23.7 Å². The summed E-state index contributed by atoms with van der Waals surface area (Å²) in [6.07, 6.45) is 1.17. The average molecular weight is 365 g/mol. The van der Waals surface area contributed by atoms with Crippen LogP contribution in [0, 0.1) is 10.1 Å². The number of esters is 1. The zero-order valence-corrected chi connectivity index (χ0v) is 13.7. The summed E-state index contributed by atoms with van der Waals surface area (Å²) in [5.74, 6) is -1.64. The fourth-order valence-corrected chi connectivity index (χ4v) is 1.85. The van der Waals surface area contributed by atoms with Crippen LogP contribution >= 0.6 is 11.6 Å². The van der Waals surface area contributed by atoms with Crippen LogP contribution in [0.1, 0.15) is 12.7 Å². The SMILES string of the molecule is C[C@H](OC(=O)/C=C/c1ccc([N+](=O)[O-])o1)C(=O)Nc1ccc(Cl)cc1. The Balaban J connectivity index is 1.87. The molecule has 0 spiro atoms. The van der Waals surface area contributed by atoms with Crippen LogP contribution in [0.25, 0.3) is 6.08 Å². The van der Waals surface area contributed by atoms with E-state index < -0.39 is 28.8 Å². The Labute approximate surface area is 147 Å². The minimum absolute atomic E-state index is 0.113. The first kappa shape index (κ1) is 18.2. The molecule has 1 aromatic carbocycles. The topological polar surface area (TPSA) is 112 Å². The fraction of sp³-hybridized carbons (Fsp3) is 0.125. The van der Waals surface area contributed by atoms with Crippen LogP contribution in [-0.2, 0) is 14.3 Å². The van der Waals surface area contributed by atoms with Crippen LogP contribution in [-0.4, -0.2) is 22.9 Å². The highest BCUT2D eigenvalue weighted by Crippen LogP contribution is 2.17. The van der Waals surface area contributed by atoms with Gasteiger partial charge in [-0.1, -0.05) is 11.6 Å². The van der Waals surface area contributed by atoms with E-state index in [0.717, 1.165) is 12.1 Å². The highest BCUT2D eigenvalue weighted by atomic mass is 35.5. The maximum Gasteiger partial charge on any atom is 0.433 e. The van der Waals surface area contributed by atoms with E-state index in [1.54, 1.807) is 24.3 Å². The van der Waals surface area contributed by atoms with Gasteiger partial charge in [-0.3, -0.25) is 14.9 Å². The number of carbonyl (C=O) groups excluding carboxylic acids is 2. The molecular formula is C16H13ClN2O6. The van der Waals surface area contributed by atoms with Crippen LogP contribution in [0.15, 0.2) is 46.9 Å². The number of anilines is 1. The molecule has 130 valence electrons. The standard InChI is InChI=1S/C16H13ClN2O6/c1-10(16(21)18-12-4-2-11(17)3-5-12)24-15(20)9-7-13-6-8-14(25-13)19(22)23/h2-10H,1H3,(H,18,21)/b9-7+/t10-/m0/s1. The van der Waals surface area contributed by atoms with E-state index in [0.29, 0.717) is 10.7 Å². The maximum atomic E-state index is 11.9. The molecule has 1 N–H and O–H groups in total. The van der Waals surface area contributed by atoms with Crippen molar-refractivity contribution in [1.29, 1.82) is 0 Å². The van der Waals surface area contributed by atoms with E-state index in [9.17, 15) is 19.7 Å². The largest absolute Gasteiger partial charge is 0.449 e. The molecule has 9 heteroatoms. The minimum Gasteiger partial charge on any atom is -0.449 e. The number of hydrogen-bond acceptors (Lipinski definition) is 6. The van der Waals surface area contributed by atoms with E-state index in [-0.39, 0.29) is 5.76 Å². The number of hydrogen-bond donors (Lipinski definition) is 1. The average Bonchev–Trinajstić information content (AvgIpc) is 3.04. The molecule has 2 aromatic rings. The number of furan rings is 1. The summed E-state index contributed by atoms with van der Waals surface area (Å²) in [4.78, 5) is 33.4. The second-order valence-electron chi connectivity index (χ2n) is 4.84. The third-order valence-corrected chi connectivity index (χ3v) is 3.20. The lowest BCUT2D eigenvalue weighted by atomic mass is 10.3. The van der Waals surface area contributed by atoms with Gasteiger partial charge in [0.25, 0.3) is 5.91 Å². The summed E-state index contributed by atoms with van der Waals surface area (Å²) in [7, 11) is 0. The molecule has 1 atom stereocenters. The smallest absolute Gasteiger partial charge is 0.433 e. The summed E-state index contributed by atoms with van der Waals surface area (Å²) in [5.41, 5.74) is 0.510. The maximum absolute atomic E-state index is 11.9. The molecule has 25 heavy (non-hydrogen) atoms. The third-order valence-electron chi connectivity index (χ3n) is 2.95. The quantitative estimate of drug-likeness (QED) is 0.364.